The molecule has 26 heavy (non-hydrogen) atoms. The van der Waals surface area contributed by atoms with Gasteiger partial charge in [0.25, 0.3) is 11.8 Å². The standard InChI is InChI=1S/C18H19BrFN3O3/c19-15-12-13(20)3-4-14(15)18(25)23-9-7-22(8-10-23)6-5-21-17(24)16-2-1-11-26-16/h1-4,11-12H,5-10H2,(H,21,24). The van der Waals surface area contributed by atoms with E-state index < -0.39 is 0 Å². The molecule has 8 heteroatoms. The Bertz CT molecular complexity index is 774. The van der Waals surface area contributed by atoms with Gasteiger partial charge in [-0.15, -0.1) is 0 Å². The van der Waals surface area contributed by atoms with Gasteiger partial charge in [0.15, 0.2) is 5.76 Å². The van der Waals surface area contributed by atoms with Crippen LogP contribution in [0.2, 0.25) is 0 Å². The lowest BCUT2D eigenvalue weighted by Crippen LogP contribution is -2.50. The summed E-state index contributed by atoms with van der Waals surface area (Å²) in [5, 5.41) is 2.81. The molecule has 1 aromatic carbocycles. The molecule has 2 aromatic rings. The minimum Gasteiger partial charge on any atom is -0.459 e. The normalized spacial score (nSPS) is 15.1. The molecule has 0 radical (unpaired) electrons. The molecule has 0 aliphatic carbocycles. The van der Waals surface area contributed by atoms with Crippen molar-refractivity contribution < 1.29 is 18.4 Å². The third-order valence-corrected chi connectivity index (χ3v) is 4.94. The Hall–Kier alpha value is -2.19. The van der Waals surface area contributed by atoms with Crippen molar-refractivity contribution in [3.8, 4) is 0 Å². The molecule has 0 unspecified atom stereocenters. The topological polar surface area (TPSA) is 65.8 Å². The number of hydrogen-bond donors (Lipinski definition) is 1. The van der Waals surface area contributed by atoms with E-state index in [1.165, 1.54) is 24.5 Å². The van der Waals surface area contributed by atoms with E-state index in [1.54, 1.807) is 17.0 Å². The van der Waals surface area contributed by atoms with Crippen molar-refractivity contribution in [2.45, 2.75) is 0 Å². The van der Waals surface area contributed by atoms with Gasteiger partial charge in [-0.2, -0.15) is 0 Å². The van der Waals surface area contributed by atoms with Crippen LogP contribution in [0, 0.1) is 5.82 Å². The number of nitrogens with one attached hydrogen (secondary N) is 1. The highest BCUT2D eigenvalue weighted by atomic mass is 79.9. The van der Waals surface area contributed by atoms with Gasteiger partial charge in [0.2, 0.25) is 0 Å². The first-order valence-electron chi connectivity index (χ1n) is 8.33. The number of benzene rings is 1. The summed E-state index contributed by atoms with van der Waals surface area (Å²) in [6.45, 7) is 3.84. The highest BCUT2D eigenvalue weighted by molar-refractivity contribution is 9.10. The lowest BCUT2D eigenvalue weighted by atomic mass is 10.1. The number of nitrogens with zero attached hydrogens (tertiary/aromatic N) is 2. The van der Waals surface area contributed by atoms with Crippen LogP contribution >= 0.6 is 15.9 Å². The summed E-state index contributed by atoms with van der Waals surface area (Å²) in [5.74, 6) is -0.423. The number of carbonyl (C=O) groups excluding carboxylic acids is 2. The fraction of sp³-hybridized carbons (Fsp3) is 0.333. The Labute approximate surface area is 159 Å². The van der Waals surface area contributed by atoms with Crippen LogP contribution in [0.4, 0.5) is 4.39 Å². The molecule has 1 aliphatic rings. The number of piperazine rings is 1. The summed E-state index contributed by atoms with van der Waals surface area (Å²) in [7, 11) is 0. The Morgan fingerprint density at radius 1 is 1.19 bits per heavy atom. The van der Waals surface area contributed by atoms with Crippen LogP contribution in [0.3, 0.4) is 0 Å². The predicted octanol–water partition coefficient (Wildman–Crippen LogP) is 2.37. The molecule has 0 spiro atoms. The summed E-state index contributed by atoms with van der Waals surface area (Å²) in [4.78, 5) is 28.3. The van der Waals surface area contributed by atoms with Crippen LogP contribution in [0.1, 0.15) is 20.9 Å². The molecule has 0 atom stereocenters. The Balaban J connectivity index is 1.44. The van der Waals surface area contributed by atoms with Gasteiger partial charge in [-0.3, -0.25) is 14.5 Å². The van der Waals surface area contributed by atoms with Crippen molar-refractivity contribution in [1.29, 1.82) is 0 Å². The number of furan rings is 1. The molecule has 138 valence electrons. The second-order valence-electron chi connectivity index (χ2n) is 5.99. The number of halogens is 2. The Morgan fingerprint density at radius 3 is 2.62 bits per heavy atom. The predicted molar refractivity (Wildman–Crippen MR) is 97.5 cm³/mol. The van der Waals surface area contributed by atoms with Gasteiger partial charge < -0.3 is 14.6 Å². The molecule has 1 aromatic heterocycles. The molecule has 1 saturated heterocycles. The Morgan fingerprint density at radius 2 is 1.96 bits per heavy atom. The van der Waals surface area contributed by atoms with Gasteiger partial charge in [0.05, 0.1) is 11.8 Å². The van der Waals surface area contributed by atoms with Crippen LogP contribution in [0.5, 0.6) is 0 Å². The van der Waals surface area contributed by atoms with E-state index in [9.17, 15) is 14.0 Å². The SMILES string of the molecule is O=C(NCCN1CCN(C(=O)c2ccc(F)cc2Br)CC1)c1ccco1. The molecule has 0 saturated carbocycles. The molecule has 3 rings (SSSR count). The monoisotopic (exact) mass is 423 g/mol. The van der Waals surface area contributed by atoms with Crippen molar-refractivity contribution in [2.75, 3.05) is 39.3 Å². The smallest absolute Gasteiger partial charge is 0.287 e. The van der Waals surface area contributed by atoms with Crippen molar-refractivity contribution in [3.05, 3.63) is 58.2 Å². The summed E-state index contributed by atoms with van der Waals surface area (Å²) in [6.07, 6.45) is 1.46. The fourth-order valence-electron chi connectivity index (χ4n) is 2.83. The second kappa shape index (κ2) is 8.46. The zero-order valence-electron chi connectivity index (χ0n) is 14.1. The molecule has 6 nitrogen and oxygen atoms in total. The molecule has 0 bridgehead atoms. The molecule has 1 aliphatic heterocycles. The van der Waals surface area contributed by atoms with Crippen LogP contribution in [-0.4, -0.2) is 60.9 Å². The highest BCUT2D eigenvalue weighted by Crippen LogP contribution is 2.20. The van der Waals surface area contributed by atoms with Gasteiger partial charge in [-0.1, -0.05) is 0 Å². The third-order valence-electron chi connectivity index (χ3n) is 4.28. The summed E-state index contributed by atoms with van der Waals surface area (Å²) < 4.78 is 18.7. The largest absolute Gasteiger partial charge is 0.459 e. The van der Waals surface area contributed by atoms with E-state index >= 15 is 0 Å². The van der Waals surface area contributed by atoms with Gasteiger partial charge in [-0.25, -0.2) is 4.39 Å². The van der Waals surface area contributed by atoms with Crippen molar-refractivity contribution >= 4 is 27.7 Å². The summed E-state index contributed by atoms with van der Waals surface area (Å²) in [5.41, 5.74) is 0.463. The number of hydrogen-bond acceptors (Lipinski definition) is 4. The van der Waals surface area contributed by atoms with E-state index in [4.69, 9.17) is 4.42 Å². The fourth-order valence-corrected chi connectivity index (χ4v) is 3.35. The molecular weight excluding hydrogens is 405 g/mol. The van der Waals surface area contributed by atoms with Crippen LogP contribution in [0.15, 0.2) is 45.5 Å². The number of rotatable bonds is 5. The zero-order valence-corrected chi connectivity index (χ0v) is 15.7. The van der Waals surface area contributed by atoms with E-state index in [0.29, 0.717) is 42.0 Å². The van der Waals surface area contributed by atoms with E-state index in [2.05, 4.69) is 26.1 Å². The van der Waals surface area contributed by atoms with Crippen LogP contribution in [0.25, 0.3) is 0 Å². The van der Waals surface area contributed by atoms with Crippen molar-refractivity contribution in [1.82, 2.24) is 15.1 Å². The van der Waals surface area contributed by atoms with E-state index in [1.807, 2.05) is 0 Å². The van der Waals surface area contributed by atoms with Crippen LogP contribution in [-0.2, 0) is 0 Å². The maximum absolute atomic E-state index is 13.2. The summed E-state index contributed by atoms with van der Waals surface area (Å²) in [6, 6.07) is 7.37. The zero-order chi connectivity index (χ0) is 18.5. The molecule has 1 N–H and O–H groups in total. The van der Waals surface area contributed by atoms with Crippen molar-refractivity contribution in [3.63, 3.8) is 0 Å². The average Bonchev–Trinajstić information content (AvgIpc) is 3.16. The second-order valence-corrected chi connectivity index (χ2v) is 6.85. The van der Waals surface area contributed by atoms with Gasteiger partial charge in [0.1, 0.15) is 5.82 Å². The average molecular weight is 424 g/mol. The first-order chi connectivity index (χ1) is 12.5. The third kappa shape index (κ3) is 4.50. The number of carbonyl (C=O) groups is 2. The van der Waals surface area contributed by atoms with Gasteiger partial charge in [0, 0.05) is 43.7 Å². The lowest BCUT2D eigenvalue weighted by Gasteiger charge is -2.34. The Kier molecular flexibility index (Phi) is 6.05. The number of amides is 2. The van der Waals surface area contributed by atoms with Crippen molar-refractivity contribution in [2.24, 2.45) is 0 Å². The lowest BCUT2D eigenvalue weighted by molar-refractivity contribution is 0.0636. The van der Waals surface area contributed by atoms with E-state index in [0.717, 1.165) is 13.1 Å². The first kappa shape index (κ1) is 18.6. The van der Waals surface area contributed by atoms with Gasteiger partial charge in [-0.05, 0) is 46.3 Å². The minimum atomic E-state index is -0.380. The maximum atomic E-state index is 13.2. The van der Waals surface area contributed by atoms with E-state index in [-0.39, 0.29) is 17.6 Å². The van der Waals surface area contributed by atoms with Crippen LogP contribution < -0.4 is 5.32 Å². The maximum Gasteiger partial charge on any atom is 0.287 e. The minimum absolute atomic E-state index is 0.109. The van der Waals surface area contributed by atoms with Gasteiger partial charge >= 0.3 is 0 Å². The molecule has 2 amide bonds. The molecular formula is C18H19BrFN3O3. The molecule has 1 fully saturated rings. The summed E-state index contributed by atoms with van der Waals surface area (Å²) >= 11 is 3.24. The highest BCUT2D eigenvalue weighted by Gasteiger charge is 2.23. The molecule has 2 heterocycles. The first-order valence-corrected chi connectivity index (χ1v) is 9.12. The quantitative estimate of drug-likeness (QED) is 0.801.